The molecule has 1 N–H and O–H groups in total. The van der Waals surface area contributed by atoms with Gasteiger partial charge in [0, 0.05) is 22.5 Å². The Morgan fingerprint density at radius 1 is 1.28 bits per heavy atom. The molecule has 2 aromatic carbocycles. The van der Waals surface area contributed by atoms with Gasteiger partial charge >= 0.3 is 5.97 Å². The van der Waals surface area contributed by atoms with Crippen LogP contribution in [0.1, 0.15) is 24.4 Å². The van der Waals surface area contributed by atoms with E-state index in [0.29, 0.717) is 21.5 Å². The second-order valence-electron chi connectivity index (χ2n) is 6.07. The first-order valence-electron chi connectivity index (χ1n) is 7.78. The van der Waals surface area contributed by atoms with Crippen molar-refractivity contribution < 1.29 is 23.8 Å². The molecule has 0 aromatic heterocycles. The summed E-state index contributed by atoms with van der Waals surface area (Å²) < 4.78 is 20.1. The van der Waals surface area contributed by atoms with Crippen LogP contribution in [-0.2, 0) is 9.59 Å². The fraction of sp³-hybridized carbons (Fsp3) is 0.222. The molecular formula is C18H13BrFNO4. The summed E-state index contributed by atoms with van der Waals surface area (Å²) in [7, 11) is 0. The van der Waals surface area contributed by atoms with Gasteiger partial charge in [-0.15, -0.1) is 0 Å². The average molecular weight is 406 g/mol. The zero-order valence-electron chi connectivity index (χ0n) is 12.9. The van der Waals surface area contributed by atoms with Gasteiger partial charge in [-0.2, -0.15) is 0 Å². The molecule has 0 bridgehead atoms. The number of para-hydroxylation sites is 1. The normalized spacial score (nSPS) is 21.5. The number of anilines is 1. The van der Waals surface area contributed by atoms with Crippen molar-refractivity contribution >= 4 is 33.5 Å². The largest absolute Gasteiger partial charge is 0.481 e. The first kappa shape index (κ1) is 16.1. The second kappa shape index (κ2) is 5.84. The number of ether oxygens (including phenoxy) is 1. The van der Waals surface area contributed by atoms with E-state index < -0.39 is 23.7 Å². The van der Waals surface area contributed by atoms with Crippen LogP contribution in [0.25, 0.3) is 0 Å². The molecule has 0 unspecified atom stereocenters. The monoisotopic (exact) mass is 405 g/mol. The zero-order chi connectivity index (χ0) is 17.7. The predicted molar refractivity (Wildman–Crippen MR) is 91.2 cm³/mol. The zero-order valence-corrected chi connectivity index (χ0v) is 14.5. The number of halogens is 2. The van der Waals surface area contributed by atoms with Crippen LogP contribution in [0.5, 0.6) is 11.5 Å². The summed E-state index contributed by atoms with van der Waals surface area (Å²) in [5.41, 5.74) is 0.963. The predicted octanol–water partition coefficient (Wildman–Crippen LogP) is 4.26. The Morgan fingerprint density at radius 3 is 2.80 bits per heavy atom. The number of aliphatic carboxylic acids is 1. The molecule has 2 heterocycles. The van der Waals surface area contributed by atoms with Gasteiger partial charge in [-0.05, 0) is 34.5 Å². The maximum atomic E-state index is 13.9. The fourth-order valence-corrected chi connectivity index (χ4v) is 4.17. The van der Waals surface area contributed by atoms with Crippen LogP contribution in [0.15, 0.2) is 40.9 Å². The summed E-state index contributed by atoms with van der Waals surface area (Å²) >= 11 is 3.30. The lowest BCUT2D eigenvalue weighted by Gasteiger charge is -2.39. The van der Waals surface area contributed by atoms with Crippen molar-refractivity contribution in [1.29, 1.82) is 0 Å². The number of rotatable bonds is 1. The first-order chi connectivity index (χ1) is 12.0. The van der Waals surface area contributed by atoms with Crippen LogP contribution >= 0.6 is 15.9 Å². The molecule has 1 amide bonds. The summed E-state index contributed by atoms with van der Waals surface area (Å²) in [5.74, 6) is -1.86. The van der Waals surface area contributed by atoms with E-state index >= 15 is 0 Å². The van der Waals surface area contributed by atoms with E-state index in [1.807, 2.05) is 0 Å². The van der Waals surface area contributed by atoms with E-state index in [2.05, 4.69) is 15.9 Å². The number of carboxylic acid groups (broad SMARTS) is 1. The standard InChI is InChI=1S/C18H13BrFNO4/c19-12-7-9(20)8-14-17(12)21-15(22)6-5-11(18(23)24)16(21)10-3-1-2-4-13(10)25-14/h1-4,7-8,11,16H,5-6H2,(H,23,24)/t11-,16-/m1/s1. The fourth-order valence-electron chi connectivity index (χ4n) is 3.56. The van der Waals surface area contributed by atoms with Crippen molar-refractivity contribution in [1.82, 2.24) is 0 Å². The maximum absolute atomic E-state index is 13.9. The molecular weight excluding hydrogens is 393 g/mol. The third kappa shape index (κ3) is 2.50. The molecule has 2 aromatic rings. The van der Waals surface area contributed by atoms with E-state index in [4.69, 9.17) is 4.74 Å². The first-order valence-corrected chi connectivity index (χ1v) is 8.57. The van der Waals surface area contributed by atoms with Crippen molar-refractivity contribution in [2.45, 2.75) is 18.9 Å². The van der Waals surface area contributed by atoms with E-state index in [0.717, 1.165) is 0 Å². The Balaban J connectivity index is 2.03. The molecule has 0 aliphatic carbocycles. The van der Waals surface area contributed by atoms with Crippen LogP contribution < -0.4 is 9.64 Å². The van der Waals surface area contributed by atoms with Gasteiger partial charge in [0.05, 0.1) is 12.0 Å². The maximum Gasteiger partial charge on any atom is 0.308 e. The number of carbonyl (C=O) groups is 2. The van der Waals surface area contributed by atoms with E-state index in [1.165, 1.54) is 17.0 Å². The molecule has 0 saturated carbocycles. The summed E-state index contributed by atoms with van der Waals surface area (Å²) in [6.45, 7) is 0. The molecule has 7 heteroatoms. The van der Waals surface area contributed by atoms with Crippen LogP contribution in [0.2, 0.25) is 0 Å². The third-order valence-corrected chi connectivity index (χ3v) is 5.21. The Labute approximate surface area is 151 Å². The highest BCUT2D eigenvalue weighted by Gasteiger charge is 2.45. The van der Waals surface area contributed by atoms with Crippen LogP contribution in [0, 0.1) is 11.7 Å². The third-order valence-electron chi connectivity index (χ3n) is 4.61. The number of carboxylic acids is 1. The highest BCUT2D eigenvalue weighted by molar-refractivity contribution is 9.10. The molecule has 5 nitrogen and oxygen atoms in total. The molecule has 2 aliphatic rings. The number of hydrogen-bond acceptors (Lipinski definition) is 3. The Hall–Kier alpha value is -2.41. The summed E-state index contributed by atoms with van der Waals surface area (Å²) in [6.07, 6.45) is 0.358. The molecule has 1 saturated heterocycles. The summed E-state index contributed by atoms with van der Waals surface area (Å²) in [5, 5.41) is 9.69. The summed E-state index contributed by atoms with van der Waals surface area (Å²) in [4.78, 5) is 26.0. The van der Waals surface area contributed by atoms with E-state index in [9.17, 15) is 19.1 Å². The average Bonchev–Trinajstić information content (AvgIpc) is 2.70. The number of piperidine rings is 1. The minimum atomic E-state index is -0.973. The molecule has 2 atom stereocenters. The molecule has 4 rings (SSSR count). The molecule has 0 spiro atoms. The van der Waals surface area contributed by atoms with Crippen LogP contribution in [0.4, 0.5) is 10.1 Å². The quantitative estimate of drug-likeness (QED) is 0.769. The number of hydrogen-bond donors (Lipinski definition) is 1. The SMILES string of the molecule is O=C(O)[C@@H]1CCC(=O)N2c3c(Br)cc(F)cc3Oc3ccccc3[C@H]12. The Bertz CT molecular complexity index is 901. The number of nitrogens with zero attached hydrogens (tertiary/aromatic N) is 1. The Kier molecular flexibility index (Phi) is 3.76. The van der Waals surface area contributed by atoms with Gasteiger partial charge in [0.1, 0.15) is 17.3 Å². The van der Waals surface area contributed by atoms with Crippen molar-refractivity contribution in [3.05, 3.63) is 52.3 Å². The van der Waals surface area contributed by atoms with Crippen LogP contribution in [-0.4, -0.2) is 17.0 Å². The van der Waals surface area contributed by atoms with Crippen LogP contribution in [0.3, 0.4) is 0 Å². The van der Waals surface area contributed by atoms with Gasteiger partial charge in [-0.3, -0.25) is 14.5 Å². The highest BCUT2D eigenvalue weighted by Crippen LogP contribution is 2.52. The van der Waals surface area contributed by atoms with Gasteiger partial charge in [0.25, 0.3) is 0 Å². The molecule has 128 valence electrons. The lowest BCUT2D eigenvalue weighted by atomic mass is 9.83. The molecule has 2 aliphatic heterocycles. The van der Waals surface area contributed by atoms with Gasteiger partial charge < -0.3 is 9.84 Å². The van der Waals surface area contributed by atoms with Crippen molar-refractivity contribution in [2.75, 3.05) is 4.90 Å². The lowest BCUT2D eigenvalue weighted by molar-refractivity contribution is -0.144. The second-order valence-corrected chi connectivity index (χ2v) is 6.92. The topological polar surface area (TPSA) is 66.8 Å². The minimum Gasteiger partial charge on any atom is -0.481 e. The summed E-state index contributed by atoms with van der Waals surface area (Å²) in [6, 6.07) is 8.70. The van der Waals surface area contributed by atoms with Crippen molar-refractivity contribution in [3.63, 3.8) is 0 Å². The van der Waals surface area contributed by atoms with Gasteiger partial charge in [-0.25, -0.2) is 4.39 Å². The molecule has 1 fully saturated rings. The van der Waals surface area contributed by atoms with Gasteiger partial charge in [0.2, 0.25) is 5.91 Å². The number of carbonyl (C=O) groups excluding carboxylic acids is 1. The van der Waals surface area contributed by atoms with Gasteiger partial charge in [-0.1, -0.05) is 18.2 Å². The highest BCUT2D eigenvalue weighted by atomic mass is 79.9. The van der Waals surface area contributed by atoms with E-state index in [-0.39, 0.29) is 24.5 Å². The van der Waals surface area contributed by atoms with E-state index in [1.54, 1.807) is 24.3 Å². The number of benzene rings is 2. The Morgan fingerprint density at radius 2 is 2.04 bits per heavy atom. The molecule has 25 heavy (non-hydrogen) atoms. The smallest absolute Gasteiger partial charge is 0.308 e. The van der Waals surface area contributed by atoms with Gasteiger partial charge in [0.15, 0.2) is 5.75 Å². The minimum absolute atomic E-state index is 0.110. The lowest BCUT2D eigenvalue weighted by Crippen LogP contribution is -2.45. The molecule has 0 radical (unpaired) electrons. The number of amides is 1. The van der Waals surface area contributed by atoms with Crippen molar-refractivity contribution in [3.8, 4) is 11.5 Å². The number of fused-ring (bicyclic) bond motifs is 5. The van der Waals surface area contributed by atoms with Crippen molar-refractivity contribution in [2.24, 2.45) is 5.92 Å².